The van der Waals surface area contributed by atoms with E-state index in [0.29, 0.717) is 0 Å². The Morgan fingerprint density at radius 3 is 2.50 bits per heavy atom. The maximum atomic E-state index is 5.81. The van der Waals surface area contributed by atoms with Gasteiger partial charge in [-0.25, -0.2) is 0 Å². The molecule has 18 heavy (non-hydrogen) atoms. The predicted octanol–water partition coefficient (Wildman–Crippen LogP) is 2.71. The summed E-state index contributed by atoms with van der Waals surface area (Å²) in [5.74, 6) is 2.03. The van der Waals surface area contributed by atoms with Crippen molar-refractivity contribution in [2.45, 2.75) is 32.0 Å². The van der Waals surface area contributed by atoms with E-state index in [2.05, 4.69) is 35.5 Å². The van der Waals surface area contributed by atoms with E-state index in [1.54, 1.807) is 0 Å². The van der Waals surface area contributed by atoms with Crippen molar-refractivity contribution < 1.29 is 4.42 Å². The van der Waals surface area contributed by atoms with Gasteiger partial charge in [0.25, 0.3) is 0 Å². The van der Waals surface area contributed by atoms with Gasteiger partial charge in [-0.1, -0.05) is 12.2 Å². The van der Waals surface area contributed by atoms with Crippen LogP contribution in [-0.4, -0.2) is 24.0 Å². The molecule has 1 aliphatic carbocycles. The van der Waals surface area contributed by atoms with Crippen LogP contribution in [0.1, 0.15) is 24.4 Å². The van der Waals surface area contributed by atoms with Gasteiger partial charge in [0, 0.05) is 19.1 Å². The van der Waals surface area contributed by atoms with Crippen molar-refractivity contribution in [1.82, 2.24) is 10.2 Å². The summed E-state index contributed by atoms with van der Waals surface area (Å²) in [6.07, 6.45) is 6.42. The molecule has 0 radical (unpaired) electrons. The van der Waals surface area contributed by atoms with E-state index < -0.39 is 0 Å². The van der Waals surface area contributed by atoms with Crippen molar-refractivity contribution in [2.75, 3.05) is 13.1 Å². The van der Waals surface area contributed by atoms with E-state index in [9.17, 15) is 0 Å². The SMILES string of the molecule is C=CCN(CC=C)Cc1ccc(CNC2CC2)o1. The van der Waals surface area contributed by atoms with Gasteiger partial charge in [0.05, 0.1) is 13.1 Å². The van der Waals surface area contributed by atoms with Crippen molar-refractivity contribution in [1.29, 1.82) is 0 Å². The fourth-order valence-corrected chi connectivity index (χ4v) is 1.92. The summed E-state index contributed by atoms with van der Waals surface area (Å²) >= 11 is 0. The molecule has 0 aliphatic heterocycles. The highest BCUT2D eigenvalue weighted by Gasteiger charge is 2.20. The monoisotopic (exact) mass is 246 g/mol. The number of furan rings is 1. The summed E-state index contributed by atoms with van der Waals surface area (Å²) in [6.45, 7) is 10.9. The third-order valence-electron chi connectivity index (χ3n) is 3.01. The Balaban J connectivity index is 1.82. The minimum Gasteiger partial charge on any atom is -0.463 e. The molecule has 0 atom stereocenters. The minimum atomic E-state index is 0.719. The lowest BCUT2D eigenvalue weighted by Crippen LogP contribution is -2.23. The van der Waals surface area contributed by atoms with Gasteiger partial charge in [-0.15, -0.1) is 13.2 Å². The molecule has 98 valence electrons. The van der Waals surface area contributed by atoms with Gasteiger partial charge in [-0.2, -0.15) is 0 Å². The Bertz CT molecular complexity index is 383. The van der Waals surface area contributed by atoms with Crippen LogP contribution in [0.25, 0.3) is 0 Å². The summed E-state index contributed by atoms with van der Waals surface area (Å²) in [7, 11) is 0. The second-order valence-corrected chi connectivity index (χ2v) is 4.79. The van der Waals surface area contributed by atoms with Crippen molar-refractivity contribution in [3.8, 4) is 0 Å². The van der Waals surface area contributed by atoms with Gasteiger partial charge < -0.3 is 9.73 Å². The van der Waals surface area contributed by atoms with Crippen LogP contribution in [0.3, 0.4) is 0 Å². The molecule has 3 heteroatoms. The summed E-state index contributed by atoms with van der Waals surface area (Å²) in [6, 6.07) is 4.84. The van der Waals surface area contributed by atoms with Gasteiger partial charge >= 0.3 is 0 Å². The first kappa shape index (κ1) is 13.1. The summed E-state index contributed by atoms with van der Waals surface area (Å²) in [4.78, 5) is 2.23. The van der Waals surface area contributed by atoms with E-state index in [0.717, 1.165) is 43.7 Å². The van der Waals surface area contributed by atoms with Crippen LogP contribution in [0, 0.1) is 0 Å². The number of hydrogen-bond acceptors (Lipinski definition) is 3. The van der Waals surface area contributed by atoms with Crippen LogP contribution in [0.4, 0.5) is 0 Å². The molecule has 1 N–H and O–H groups in total. The smallest absolute Gasteiger partial charge is 0.118 e. The summed E-state index contributed by atoms with van der Waals surface area (Å²) in [5.41, 5.74) is 0. The molecule has 0 amide bonds. The number of nitrogens with zero attached hydrogens (tertiary/aromatic N) is 1. The molecule has 1 aliphatic rings. The Morgan fingerprint density at radius 1 is 1.22 bits per heavy atom. The van der Waals surface area contributed by atoms with Crippen molar-refractivity contribution >= 4 is 0 Å². The van der Waals surface area contributed by atoms with Gasteiger partial charge in [0.15, 0.2) is 0 Å². The van der Waals surface area contributed by atoms with Crippen LogP contribution < -0.4 is 5.32 Å². The van der Waals surface area contributed by atoms with E-state index in [-0.39, 0.29) is 0 Å². The van der Waals surface area contributed by atoms with E-state index in [1.165, 1.54) is 12.8 Å². The predicted molar refractivity (Wildman–Crippen MR) is 74.2 cm³/mol. The Morgan fingerprint density at radius 2 is 1.89 bits per heavy atom. The quantitative estimate of drug-likeness (QED) is 0.679. The third kappa shape index (κ3) is 4.17. The maximum Gasteiger partial charge on any atom is 0.118 e. The average molecular weight is 246 g/mol. The van der Waals surface area contributed by atoms with Gasteiger partial charge in [-0.3, -0.25) is 4.90 Å². The van der Waals surface area contributed by atoms with Crippen molar-refractivity contribution in [3.63, 3.8) is 0 Å². The standard InChI is InChI=1S/C15H22N2O/c1-3-9-17(10-4-2)12-15-8-7-14(18-15)11-16-13-5-6-13/h3-4,7-8,13,16H,1-2,5-6,9-12H2. The number of hydrogen-bond donors (Lipinski definition) is 1. The van der Waals surface area contributed by atoms with E-state index in [1.807, 2.05) is 12.2 Å². The molecule has 3 nitrogen and oxygen atoms in total. The maximum absolute atomic E-state index is 5.81. The largest absolute Gasteiger partial charge is 0.463 e. The molecule has 0 saturated heterocycles. The topological polar surface area (TPSA) is 28.4 Å². The molecule has 1 saturated carbocycles. The zero-order valence-corrected chi connectivity index (χ0v) is 10.9. The van der Waals surface area contributed by atoms with Gasteiger partial charge in [0.1, 0.15) is 11.5 Å². The summed E-state index contributed by atoms with van der Waals surface area (Å²) in [5, 5.41) is 3.45. The molecule has 0 bridgehead atoms. The second-order valence-electron chi connectivity index (χ2n) is 4.79. The van der Waals surface area contributed by atoms with Crippen LogP contribution >= 0.6 is 0 Å². The minimum absolute atomic E-state index is 0.719. The van der Waals surface area contributed by atoms with E-state index in [4.69, 9.17) is 4.42 Å². The zero-order valence-electron chi connectivity index (χ0n) is 10.9. The lowest BCUT2D eigenvalue weighted by molar-refractivity contribution is 0.289. The zero-order chi connectivity index (χ0) is 12.8. The highest BCUT2D eigenvalue weighted by Crippen LogP contribution is 2.20. The van der Waals surface area contributed by atoms with E-state index >= 15 is 0 Å². The first-order chi connectivity index (χ1) is 8.81. The highest BCUT2D eigenvalue weighted by molar-refractivity contribution is 5.08. The summed E-state index contributed by atoms with van der Waals surface area (Å²) < 4.78 is 5.81. The van der Waals surface area contributed by atoms with Gasteiger partial charge in [-0.05, 0) is 25.0 Å². The Labute approximate surface area is 109 Å². The number of rotatable bonds is 9. The second kappa shape index (κ2) is 6.57. The van der Waals surface area contributed by atoms with Crippen LogP contribution in [0.2, 0.25) is 0 Å². The molecule has 0 aromatic carbocycles. The van der Waals surface area contributed by atoms with Crippen LogP contribution in [0.15, 0.2) is 41.9 Å². The molecule has 0 unspecified atom stereocenters. The lowest BCUT2D eigenvalue weighted by Gasteiger charge is -2.16. The van der Waals surface area contributed by atoms with Crippen LogP contribution in [0.5, 0.6) is 0 Å². The van der Waals surface area contributed by atoms with Crippen molar-refractivity contribution in [2.24, 2.45) is 0 Å². The fourth-order valence-electron chi connectivity index (χ4n) is 1.92. The molecule has 1 aromatic heterocycles. The third-order valence-corrected chi connectivity index (χ3v) is 3.01. The first-order valence-electron chi connectivity index (χ1n) is 6.57. The Kier molecular flexibility index (Phi) is 4.79. The molecule has 1 heterocycles. The van der Waals surface area contributed by atoms with Gasteiger partial charge in [0.2, 0.25) is 0 Å². The molecule has 0 spiro atoms. The van der Waals surface area contributed by atoms with Crippen molar-refractivity contribution in [3.05, 3.63) is 49.0 Å². The Hall–Kier alpha value is -1.32. The molecule has 1 aromatic rings. The molecular formula is C15H22N2O. The average Bonchev–Trinajstić information content (AvgIpc) is 3.08. The molecule has 2 rings (SSSR count). The normalized spacial score (nSPS) is 14.9. The fraction of sp³-hybridized carbons (Fsp3) is 0.467. The highest BCUT2D eigenvalue weighted by atomic mass is 16.3. The first-order valence-corrected chi connectivity index (χ1v) is 6.57. The molecular weight excluding hydrogens is 224 g/mol. The molecule has 1 fully saturated rings. The number of nitrogens with one attached hydrogen (secondary N) is 1. The lowest BCUT2D eigenvalue weighted by atomic mass is 10.3. The van der Waals surface area contributed by atoms with Crippen LogP contribution in [-0.2, 0) is 13.1 Å².